The SMILES string of the molecule is CCC(Sc1nnc2c(=O)n(-c3ccccc3OC)ccn12)C(=O)Nc1cc(OC)cc(OC)c1. The number of hydrogen-bond donors (Lipinski definition) is 1. The fraction of sp³-hybridized carbons (Fsp3) is 0.250. The number of amides is 1. The quantitative estimate of drug-likeness (QED) is 0.352. The van der Waals surface area contributed by atoms with Crippen LogP contribution in [0, 0.1) is 0 Å². The van der Waals surface area contributed by atoms with E-state index in [-0.39, 0.29) is 17.1 Å². The van der Waals surface area contributed by atoms with Crippen molar-refractivity contribution in [1.29, 1.82) is 0 Å². The Morgan fingerprint density at radius 1 is 1.03 bits per heavy atom. The molecular formula is C24H25N5O5S. The molecule has 0 aliphatic heterocycles. The van der Waals surface area contributed by atoms with Crippen molar-refractivity contribution < 1.29 is 19.0 Å². The summed E-state index contributed by atoms with van der Waals surface area (Å²) in [5.41, 5.74) is 0.946. The molecule has 1 unspecified atom stereocenters. The van der Waals surface area contributed by atoms with Gasteiger partial charge in [0, 0.05) is 36.3 Å². The zero-order valence-electron chi connectivity index (χ0n) is 19.7. The monoisotopic (exact) mass is 495 g/mol. The van der Waals surface area contributed by atoms with Crippen LogP contribution in [0.1, 0.15) is 13.3 Å². The molecule has 1 N–H and O–H groups in total. The average molecular weight is 496 g/mol. The molecule has 0 fully saturated rings. The van der Waals surface area contributed by atoms with Gasteiger partial charge in [-0.15, -0.1) is 10.2 Å². The summed E-state index contributed by atoms with van der Waals surface area (Å²) in [6.07, 6.45) is 3.86. The molecule has 0 aliphatic carbocycles. The number of thioether (sulfide) groups is 1. The lowest BCUT2D eigenvalue weighted by molar-refractivity contribution is -0.115. The Morgan fingerprint density at radius 3 is 2.40 bits per heavy atom. The molecule has 0 saturated heterocycles. The topological polar surface area (TPSA) is 109 Å². The second-order valence-corrected chi connectivity index (χ2v) is 8.60. The smallest absolute Gasteiger partial charge is 0.300 e. The van der Waals surface area contributed by atoms with E-state index < -0.39 is 5.25 Å². The maximum atomic E-state index is 13.1. The third kappa shape index (κ3) is 4.94. The van der Waals surface area contributed by atoms with Crippen LogP contribution in [0.2, 0.25) is 0 Å². The van der Waals surface area contributed by atoms with E-state index in [9.17, 15) is 9.59 Å². The summed E-state index contributed by atoms with van der Waals surface area (Å²) in [6.45, 7) is 1.90. The highest BCUT2D eigenvalue weighted by atomic mass is 32.2. The van der Waals surface area contributed by atoms with Crippen molar-refractivity contribution in [3.63, 3.8) is 0 Å². The third-order valence-corrected chi connectivity index (χ3v) is 6.64. The fourth-order valence-corrected chi connectivity index (χ4v) is 4.45. The first-order valence-corrected chi connectivity index (χ1v) is 11.7. The molecule has 2 heterocycles. The summed E-state index contributed by atoms with van der Waals surface area (Å²) < 4.78 is 19.0. The second-order valence-electron chi connectivity index (χ2n) is 7.43. The van der Waals surface area contributed by atoms with Gasteiger partial charge in [0.1, 0.15) is 17.2 Å². The van der Waals surface area contributed by atoms with Crippen LogP contribution < -0.4 is 25.1 Å². The van der Waals surface area contributed by atoms with E-state index >= 15 is 0 Å². The number of fused-ring (bicyclic) bond motifs is 1. The molecule has 0 bridgehead atoms. The van der Waals surface area contributed by atoms with Crippen molar-refractivity contribution in [3.05, 3.63) is 65.2 Å². The third-order valence-electron chi connectivity index (χ3n) is 5.31. The predicted octanol–water partition coefficient (Wildman–Crippen LogP) is 3.42. The van der Waals surface area contributed by atoms with Crippen molar-refractivity contribution in [2.24, 2.45) is 0 Å². The van der Waals surface area contributed by atoms with Crippen LogP contribution in [0.3, 0.4) is 0 Å². The number of carbonyl (C=O) groups is 1. The number of carbonyl (C=O) groups excluding carboxylic acids is 1. The van der Waals surface area contributed by atoms with Crippen LogP contribution >= 0.6 is 11.8 Å². The molecule has 0 saturated carbocycles. The maximum Gasteiger partial charge on any atom is 0.300 e. The van der Waals surface area contributed by atoms with Crippen molar-refractivity contribution in [3.8, 4) is 22.9 Å². The molecule has 1 amide bonds. The molecule has 10 nitrogen and oxygen atoms in total. The Morgan fingerprint density at radius 2 is 1.74 bits per heavy atom. The molecule has 0 aliphatic rings. The minimum Gasteiger partial charge on any atom is -0.497 e. The number of hydrogen-bond acceptors (Lipinski definition) is 8. The van der Waals surface area contributed by atoms with E-state index in [1.54, 1.807) is 68.5 Å². The minimum atomic E-state index is -0.476. The lowest BCUT2D eigenvalue weighted by Crippen LogP contribution is -2.25. The van der Waals surface area contributed by atoms with Crippen molar-refractivity contribution in [2.75, 3.05) is 26.6 Å². The molecule has 35 heavy (non-hydrogen) atoms. The van der Waals surface area contributed by atoms with E-state index in [2.05, 4.69) is 15.5 Å². The molecule has 2 aromatic carbocycles. The zero-order chi connectivity index (χ0) is 24.9. The lowest BCUT2D eigenvalue weighted by atomic mass is 10.2. The number of rotatable bonds is 9. The summed E-state index contributed by atoms with van der Waals surface area (Å²) in [7, 11) is 4.64. The van der Waals surface area contributed by atoms with Gasteiger partial charge in [-0.25, -0.2) is 0 Å². The normalized spacial score (nSPS) is 11.8. The molecule has 182 valence electrons. The number of aromatic nitrogens is 4. The largest absolute Gasteiger partial charge is 0.497 e. The van der Waals surface area contributed by atoms with Crippen LogP contribution in [0.4, 0.5) is 5.69 Å². The van der Waals surface area contributed by atoms with Gasteiger partial charge in [-0.1, -0.05) is 30.8 Å². The molecule has 0 radical (unpaired) electrons. The van der Waals surface area contributed by atoms with Crippen LogP contribution in [0.25, 0.3) is 11.3 Å². The Balaban J connectivity index is 1.59. The van der Waals surface area contributed by atoms with Crippen LogP contribution in [0.15, 0.2) is 64.8 Å². The molecular weight excluding hydrogens is 470 g/mol. The molecule has 4 rings (SSSR count). The van der Waals surface area contributed by atoms with Crippen molar-refractivity contribution in [2.45, 2.75) is 23.8 Å². The van der Waals surface area contributed by atoms with Gasteiger partial charge in [-0.05, 0) is 18.6 Å². The van der Waals surface area contributed by atoms with Crippen LogP contribution in [0.5, 0.6) is 17.2 Å². The molecule has 11 heteroatoms. The number of methoxy groups -OCH3 is 3. The van der Waals surface area contributed by atoms with E-state index in [1.807, 2.05) is 19.1 Å². The number of anilines is 1. The van der Waals surface area contributed by atoms with Gasteiger partial charge in [0.15, 0.2) is 5.16 Å². The first kappa shape index (κ1) is 24.1. The highest BCUT2D eigenvalue weighted by Crippen LogP contribution is 2.29. The van der Waals surface area contributed by atoms with Crippen LogP contribution in [-0.4, -0.2) is 51.7 Å². The summed E-state index contributed by atoms with van der Waals surface area (Å²) in [5, 5.41) is 11.1. The fourth-order valence-electron chi connectivity index (χ4n) is 3.52. The molecule has 1 atom stereocenters. The zero-order valence-corrected chi connectivity index (χ0v) is 20.5. The number of para-hydroxylation sites is 2. The Kier molecular flexibility index (Phi) is 7.25. The average Bonchev–Trinajstić information content (AvgIpc) is 3.30. The summed E-state index contributed by atoms with van der Waals surface area (Å²) >= 11 is 1.23. The van der Waals surface area contributed by atoms with E-state index in [4.69, 9.17) is 14.2 Å². The second kappa shape index (κ2) is 10.5. The lowest BCUT2D eigenvalue weighted by Gasteiger charge is -2.15. The maximum absolute atomic E-state index is 13.1. The minimum absolute atomic E-state index is 0.147. The van der Waals surface area contributed by atoms with E-state index in [0.717, 1.165) is 0 Å². The molecule has 0 spiro atoms. The highest BCUT2D eigenvalue weighted by Gasteiger charge is 2.23. The summed E-state index contributed by atoms with van der Waals surface area (Å²) in [6, 6.07) is 12.4. The molecule has 4 aromatic rings. The summed E-state index contributed by atoms with van der Waals surface area (Å²) in [4.78, 5) is 26.2. The van der Waals surface area contributed by atoms with Gasteiger partial charge in [0.25, 0.3) is 0 Å². The van der Waals surface area contributed by atoms with Gasteiger partial charge in [-0.3, -0.25) is 18.6 Å². The van der Waals surface area contributed by atoms with Crippen molar-refractivity contribution >= 4 is 29.0 Å². The van der Waals surface area contributed by atoms with Gasteiger partial charge in [0.2, 0.25) is 11.6 Å². The molecule has 2 aromatic heterocycles. The standard InChI is InChI=1S/C24H25N5O5S/c1-5-20(22(30)25-15-12-16(32-2)14-17(13-15)33-3)35-24-27-26-21-23(31)28(10-11-29(21)24)18-8-6-7-9-19(18)34-4/h6-14,20H,5H2,1-4H3,(H,25,30). The van der Waals surface area contributed by atoms with Gasteiger partial charge < -0.3 is 19.5 Å². The number of ether oxygens (including phenoxy) is 3. The van der Waals surface area contributed by atoms with Gasteiger partial charge in [0.05, 0.1) is 32.3 Å². The number of nitrogens with one attached hydrogen (secondary N) is 1. The Hall–Kier alpha value is -3.99. The highest BCUT2D eigenvalue weighted by molar-refractivity contribution is 8.00. The number of benzene rings is 2. The Labute approximate surface area is 205 Å². The first-order chi connectivity index (χ1) is 17.0. The van der Waals surface area contributed by atoms with E-state index in [0.29, 0.717) is 40.2 Å². The van der Waals surface area contributed by atoms with Gasteiger partial charge >= 0.3 is 5.56 Å². The predicted molar refractivity (Wildman–Crippen MR) is 133 cm³/mol. The van der Waals surface area contributed by atoms with Crippen LogP contribution in [-0.2, 0) is 4.79 Å². The van der Waals surface area contributed by atoms with E-state index in [1.165, 1.54) is 16.3 Å². The van der Waals surface area contributed by atoms with Gasteiger partial charge in [-0.2, -0.15) is 0 Å². The Bertz CT molecular complexity index is 1390. The summed E-state index contributed by atoms with van der Waals surface area (Å²) in [5.74, 6) is 1.47. The van der Waals surface area contributed by atoms with Crippen molar-refractivity contribution in [1.82, 2.24) is 19.2 Å². The number of nitrogens with zero attached hydrogens (tertiary/aromatic N) is 4. The first-order valence-electron chi connectivity index (χ1n) is 10.8.